The van der Waals surface area contributed by atoms with Gasteiger partial charge in [0.2, 0.25) is 0 Å². The number of carbonyl (C=O) groups excluding carboxylic acids is 1. The highest BCUT2D eigenvalue weighted by Crippen LogP contribution is 2.21. The molecule has 0 spiro atoms. The lowest BCUT2D eigenvalue weighted by Gasteiger charge is -2.44. The quantitative estimate of drug-likeness (QED) is 0.809. The fraction of sp³-hybridized carbons (Fsp3) is 0.647. The molecule has 0 aromatic carbocycles. The zero-order chi connectivity index (χ0) is 18.1. The van der Waals surface area contributed by atoms with E-state index in [0.717, 1.165) is 0 Å². The number of nitrogens with zero attached hydrogens (tertiary/aromatic N) is 3. The van der Waals surface area contributed by atoms with Crippen LogP contribution in [0.2, 0.25) is 5.02 Å². The first-order valence-corrected chi connectivity index (χ1v) is 8.48. The van der Waals surface area contributed by atoms with Crippen LogP contribution in [-0.2, 0) is 11.3 Å². The Morgan fingerprint density at radius 2 is 2.04 bits per heavy atom. The molecule has 0 N–H and O–H groups in total. The van der Waals surface area contributed by atoms with Crippen LogP contribution in [0, 0.1) is 5.82 Å². The Morgan fingerprint density at radius 1 is 1.38 bits per heavy atom. The molecule has 1 aliphatic heterocycles. The molecular weight excluding hydrogens is 333 g/mol. The Bertz CT molecular complexity index is 606. The Balaban J connectivity index is 2.03. The highest BCUT2D eigenvalue weighted by Gasteiger charge is 2.34. The summed E-state index contributed by atoms with van der Waals surface area (Å²) in [6.45, 7) is 11.1. The van der Waals surface area contributed by atoms with Crippen molar-refractivity contribution in [1.82, 2.24) is 14.8 Å². The highest BCUT2D eigenvalue weighted by molar-refractivity contribution is 6.30. The third-order valence-electron chi connectivity index (χ3n) is 3.98. The third kappa shape index (κ3) is 4.80. The number of carbonyl (C=O) groups is 1. The van der Waals surface area contributed by atoms with Gasteiger partial charge in [-0.1, -0.05) is 11.6 Å². The molecule has 0 saturated carbocycles. The molecule has 1 fully saturated rings. The standard InChI is InChI=1S/C17H25ClFN3O2/c1-11-9-22(16(23)24-17(3,4)5)12(2)8-21(11)10-15-14(19)6-13(18)7-20-15/h6-7,11-12H,8-10H2,1-5H3/t11-,12+/m0/s1. The molecular formula is C17H25ClFN3O2. The van der Waals surface area contributed by atoms with Gasteiger partial charge in [0.25, 0.3) is 0 Å². The number of hydrogen-bond acceptors (Lipinski definition) is 4. The van der Waals surface area contributed by atoms with Crippen LogP contribution in [0.15, 0.2) is 12.3 Å². The summed E-state index contributed by atoms with van der Waals surface area (Å²) in [7, 11) is 0. The lowest BCUT2D eigenvalue weighted by molar-refractivity contribution is -0.0121. The average Bonchev–Trinajstić information content (AvgIpc) is 2.43. The molecule has 134 valence electrons. The fourth-order valence-corrected chi connectivity index (χ4v) is 2.89. The summed E-state index contributed by atoms with van der Waals surface area (Å²) >= 11 is 5.74. The van der Waals surface area contributed by atoms with Gasteiger partial charge in [0.1, 0.15) is 11.4 Å². The van der Waals surface area contributed by atoms with Crippen molar-refractivity contribution >= 4 is 17.7 Å². The van der Waals surface area contributed by atoms with Crippen molar-refractivity contribution in [3.63, 3.8) is 0 Å². The SMILES string of the molecule is C[C@@H]1CN(Cc2ncc(Cl)cc2F)[C@@H](C)CN1C(=O)OC(C)(C)C. The van der Waals surface area contributed by atoms with Gasteiger partial charge in [-0.15, -0.1) is 0 Å². The van der Waals surface area contributed by atoms with Crippen molar-refractivity contribution in [2.24, 2.45) is 0 Å². The van der Waals surface area contributed by atoms with E-state index < -0.39 is 11.4 Å². The van der Waals surface area contributed by atoms with Crippen molar-refractivity contribution in [1.29, 1.82) is 0 Å². The lowest BCUT2D eigenvalue weighted by atomic mass is 10.1. The van der Waals surface area contributed by atoms with E-state index >= 15 is 0 Å². The number of amides is 1. The van der Waals surface area contributed by atoms with Crippen LogP contribution in [0.4, 0.5) is 9.18 Å². The van der Waals surface area contributed by atoms with Crippen molar-refractivity contribution in [3.8, 4) is 0 Å². The molecule has 0 bridgehead atoms. The van der Waals surface area contributed by atoms with Gasteiger partial charge in [-0.2, -0.15) is 0 Å². The minimum absolute atomic E-state index is 0.0218. The predicted molar refractivity (Wildman–Crippen MR) is 91.5 cm³/mol. The Hall–Kier alpha value is -1.40. The largest absolute Gasteiger partial charge is 0.444 e. The summed E-state index contributed by atoms with van der Waals surface area (Å²) in [5, 5.41) is 0.285. The number of piperazine rings is 1. The van der Waals surface area contributed by atoms with Gasteiger partial charge in [-0.25, -0.2) is 9.18 Å². The average molecular weight is 358 g/mol. The van der Waals surface area contributed by atoms with Crippen LogP contribution >= 0.6 is 11.6 Å². The second-order valence-corrected chi connectivity index (χ2v) is 7.78. The monoisotopic (exact) mass is 357 g/mol. The summed E-state index contributed by atoms with van der Waals surface area (Å²) in [5.74, 6) is -0.406. The fourth-order valence-electron chi connectivity index (χ4n) is 2.74. The number of rotatable bonds is 2. The van der Waals surface area contributed by atoms with Crippen LogP contribution in [0.25, 0.3) is 0 Å². The first-order valence-electron chi connectivity index (χ1n) is 8.10. The van der Waals surface area contributed by atoms with Crippen molar-refractivity contribution in [3.05, 3.63) is 28.8 Å². The number of halogens is 2. The molecule has 7 heteroatoms. The van der Waals surface area contributed by atoms with Gasteiger partial charge in [0.05, 0.1) is 10.7 Å². The Morgan fingerprint density at radius 3 is 2.62 bits per heavy atom. The van der Waals surface area contributed by atoms with E-state index in [1.165, 1.54) is 12.3 Å². The van der Waals surface area contributed by atoms with Crippen LogP contribution in [0.5, 0.6) is 0 Å². The zero-order valence-corrected chi connectivity index (χ0v) is 15.6. The van der Waals surface area contributed by atoms with Gasteiger partial charge in [-0.3, -0.25) is 9.88 Å². The molecule has 1 aliphatic rings. The molecule has 1 amide bonds. The van der Waals surface area contributed by atoms with E-state index in [1.54, 1.807) is 4.90 Å². The second kappa shape index (κ2) is 7.23. The summed E-state index contributed by atoms with van der Waals surface area (Å²) in [6, 6.07) is 1.33. The van der Waals surface area contributed by atoms with Crippen molar-refractivity contribution in [2.75, 3.05) is 13.1 Å². The molecule has 2 atom stereocenters. The van der Waals surface area contributed by atoms with E-state index in [1.807, 2.05) is 34.6 Å². The molecule has 2 rings (SSSR count). The van der Waals surface area contributed by atoms with E-state index in [0.29, 0.717) is 25.3 Å². The van der Waals surface area contributed by atoms with E-state index in [9.17, 15) is 9.18 Å². The van der Waals surface area contributed by atoms with E-state index in [-0.39, 0.29) is 23.2 Å². The maximum atomic E-state index is 14.0. The molecule has 1 aromatic rings. The first kappa shape index (κ1) is 18.9. The van der Waals surface area contributed by atoms with Crippen molar-refractivity contribution < 1.29 is 13.9 Å². The second-order valence-electron chi connectivity index (χ2n) is 7.34. The summed E-state index contributed by atoms with van der Waals surface area (Å²) in [4.78, 5) is 20.3. The van der Waals surface area contributed by atoms with E-state index in [2.05, 4.69) is 9.88 Å². The molecule has 0 aliphatic carbocycles. The van der Waals surface area contributed by atoms with Crippen LogP contribution in [-0.4, -0.2) is 51.7 Å². The smallest absolute Gasteiger partial charge is 0.410 e. The molecule has 2 heterocycles. The number of pyridine rings is 1. The maximum Gasteiger partial charge on any atom is 0.410 e. The van der Waals surface area contributed by atoms with Gasteiger partial charge in [0.15, 0.2) is 0 Å². The maximum absolute atomic E-state index is 14.0. The summed E-state index contributed by atoms with van der Waals surface area (Å²) in [5.41, 5.74) is -0.155. The molecule has 1 saturated heterocycles. The van der Waals surface area contributed by atoms with Crippen molar-refractivity contribution in [2.45, 2.75) is 58.8 Å². The number of aromatic nitrogens is 1. The van der Waals surface area contributed by atoms with Gasteiger partial charge in [0, 0.05) is 37.9 Å². The van der Waals surface area contributed by atoms with Gasteiger partial charge in [-0.05, 0) is 40.7 Å². The molecule has 0 unspecified atom stereocenters. The summed E-state index contributed by atoms with van der Waals surface area (Å²) < 4.78 is 19.4. The molecule has 5 nitrogen and oxygen atoms in total. The van der Waals surface area contributed by atoms with Gasteiger partial charge < -0.3 is 9.64 Å². The summed E-state index contributed by atoms with van der Waals surface area (Å²) in [6.07, 6.45) is 1.14. The minimum Gasteiger partial charge on any atom is -0.444 e. The topological polar surface area (TPSA) is 45.7 Å². The first-order chi connectivity index (χ1) is 11.1. The normalized spacial score (nSPS) is 22.5. The van der Waals surface area contributed by atoms with Gasteiger partial charge >= 0.3 is 6.09 Å². The predicted octanol–water partition coefficient (Wildman–Crippen LogP) is 3.70. The van der Waals surface area contributed by atoms with Crippen LogP contribution in [0.3, 0.4) is 0 Å². The zero-order valence-electron chi connectivity index (χ0n) is 14.8. The third-order valence-corrected chi connectivity index (χ3v) is 4.19. The molecule has 0 radical (unpaired) electrons. The lowest BCUT2D eigenvalue weighted by Crippen LogP contribution is -2.58. The van der Waals surface area contributed by atoms with Crippen LogP contribution < -0.4 is 0 Å². The Labute approximate surface area is 147 Å². The number of ether oxygens (including phenoxy) is 1. The molecule has 1 aromatic heterocycles. The van der Waals surface area contributed by atoms with E-state index in [4.69, 9.17) is 16.3 Å². The number of hydrogen-bond donors (Lipinski definition) is 0. The highest BCUT2D eigenvalue weighted by atomic mass is 35.5. The molecule has 24 heavy (non-hydrogen) atoms. The van der Waals surface area contributed by atoms with Crippen LogP contribution in [0.1, 0.15) is 40.3 Å². The minimum atomic E-state index is -0.520. The Kier molecular flexibility index (Phi) is 5.71.